The highest BCUT2D eigenvalue weighted by molar-refractivity contribution is 5.80. The Morgan fingerprint density at radius 3 is 2.54 bits per heavy atom. The molecule has 1 saturated carbocycles. The number of nitrogens with one attached hydrogen (secondary N) is 1. The quantitative estimate of drug-likeness (QED) is 0.865. The third kappa shape index (κ3) is 3.17. The molecule has 0 radical (unpaired) electrons. The molecule has 1 aliphatic carbocycles. The molecule has 4 nitrogen and oxygen atoms in total. The summed E-state index contributed by atoms with van der Waals surface area (Å²) >= 11 is 0. The molecule has 24 heavy (non-hydrogen) atoms. The van der Waals surface area contributed by atoms with Gasteiger partial charge in [-0.1, -0.05) is 29.8 Å². The molecule has 2 N–H and O–H groups in total. The van der Waals surface area contributed by atoms with Crippen molar-refractivity contribution in [1.82, 2.24) is 5.32 Å². The summed E-state index contributed by atoms with van der Waals surface area (Å²) < 4.78 is 33.7. The molecule has 1 heterocycles. The lowest BCUT2D eigenvalue weighted by Gasteiger charge is -2.37. The van der Waals surface area contributed by atoms with E-state index in [1.54, 1.807) is 24.3 Å². The zero-order chi connectivity index (χ0) is 17.4. The van der Waals surface area contributed by atoms with Crippen LogP contribution in [0.15, 0.2) is 24.3 Å². The summed E-state index contributed by atoms with van der Waals surface area (Å²) in [4.78, 5) is 12.3. The Kier molecular flexibility index (Phi) is 4.62. The minimum atomic E-state index is -2.83. The van der Waals surface area contributed by atoms with Gasteiger partial charge in [0.15, 0.2) is 5.60 Å². The van der Waals surface area contributed by atoms with Crippen molar-refractivity contribution in [2.24, 2.45) is 5.92 Å². The van der Waals surface area contributed by atoms with Crippen LogP contribution in [0.2, 0.25) is 0 Å². The molecule has 1 aliphatic heterocycles. The number of rotatable bonds is 5. The maximum absolute atomic E-state index is 13.8. The zero-order valence-electron chi connectivity index (χ0n) is 13.7. The Bertz CT molecular complexity index is 599. The number of halogens is 2. The van der Waals surface area contributed by atoms with Crippen molar-refractivity contribution in [2.45, 2.75) is 50.2 Å². The standard InChI is InChI=1S/C18H23F2NO3/c1-12-2-4-13(5-3-12)18(16(22)23,24-15-7-9-21-11-15)14-6-8-17(19,20)10-14/h2-5,14-15,21H,6-11H2,1H3,(H,22,23)/t14-,15-,18+/m1/s1. The van der Waals surface area contributed by atoms with Crippen molar-refractivity contribution in [3.05, 3.63) is 35.4 Å². The number of carboxylic acid groups (broad SMARTS) is 1. The summed E-state index contributed by atoms with van der Waals surface area (Å²) in [7, 11) is 0. The smallest absolute Gasteiger partial charge is 0.340 e. The first-order chi connectivity index (χ1) is 11.3. The maximum atomic E-state index is 13.8. The fourth-order valence-electron chi connectivity index (χ4n) is 3.84. The van der Waals surface area contributed by atoms with E-state index in [0.29, 0.717) is 18.5 Å². The minimum Gasteiger partial charge on any atom is -0.479 e. The van der Waals surface area contributed by atoms with Gasteiger partial charge in [0.25, 0.3) is 0 Å². The van der Waals surface area contributed by atoms with Crippen molar-refractivity contribution >= 4 is 5.97 Å². The van der Waals surface area contributed by atoms with E-state index in [1.807, 2.05) is 6.92 Å². The second-order valence-corrected chi connectivity index (χ2v) is 6.94. The fourth-order valence-corrected chi connectivity index (χ4v) is 3.84. The Hall–Kier alpha value is -1.53. The number of benzene rings is 1. The van der Waals surface area contributed by atoms with E-state index in [4.69, 9.17) is 4.74 Å². The Morgan fingerprint density at radius 1 is 1.33 bits per heavy atom. The third-order valence-corrected chi connectivity index (χ3v) is 5.14. The predicted octanol–water partition coefficient (Wildman–Crippen LogP) is 3.09. The van der Waals surface area contributed by atoms with E-state index in [9.17, 15) is 18.7 Å². The van der Waals surface area contributed by atoms with Crippen molar-refractivity contribution < 1.29 is 23.4 Å². The van der Waals surface area contributed by atoms with Crippen LogP contribution in [0.5, 0.6) is 0 Å². The number of hydrogen-bond acceptors (Lipinski definition) is 3. The Labute approximate surface area is 140 Å². The molecule has 0 bridgehead atoms. The molecule has 0 spiro atoms. The van der Waals surface area contributed by atoms with Gasteiger partial charge in [-0.15, -0.1) is 0 Å². The molecule has 1 saturated heterocycles. The number of aryl methyl sites for hydroxylation is 1. The van der Waals surface area contributed by atoms with Gasteiger partial charge in [-0.05, 0) is 31.9 Å². The molecule has 1 aromatic carbocycles. The monoisotopic (exact) mass is 339 g/mol. The van der Waals surface area contributed by atoms with Gasteiger partial charge in [0.2, 0.25) is 5.92 Å². The summed E-state index contributed by atoms with van der Waals surface area (Å²) in [6.45, 7) is 3.19. The van der Waals surface area contributed by atoms with Gasteiger partial charge in [0, 0.05) is 25.3 Å². The van der Waals surface area contributed by atoms with E-state index in [1.165, 1.54) is 0 Å². The Morgan fingerprint density at radius 2 is 2.04 bits per heavy atom. The molecule has 0 unspecified atom stereocenters. The molecule has 132 valence electrons. The molecular weight excluding hydrogens is 316 g/mol. The van der Waals surface area contributed by atoms with Crippen molar-refractivity contribution in [2.75, 3.05) is 13.1 Å². The maximum Gasteiger partial charge on any atom is 0.340 e. The molecule has 3 rings (SSSR count). The van der Waals surface area contributed by atoms with Crippen LogP contribution in [0.1, 0.15) is 36.8 Å². The van der Waals surface area contributed by atoms with Gasteiger partial charge >= 0.3 is 5.97 Å². The topological polar surface area (TPSA) is 58.6 Å². The SMILES string of the molecule is Cc1ccc([C@@](O[C@@H]2CCNC2)(C(=O)O)[C@@H]2CCC(F)(F)C2)cc1. The van der Waals surface area contributed by atoms with Crippen LogP contribution in [0.3, 0.4) is 0 Å². The second-order valence-electron chi connectivity index (χ2n) is 6.94. The molecule has 6 heteroatoms. The number of hydrogen-bond donors (Lipinski definition) is 2. The minimum absolute atomic E-state index is 0.146. The molecule has 0 amide bonds. The molecule has 3 atom stereocenters. The number of ether oxygens (including phenoxy) is 1. The molecule has 0 aromatic heterocycles. The number of carboxylic acids is 1. The van der Waals surface area contributed by atoms with Gasteiger partial charge in [-0.3, -0.25) is 0 Å². The lowest BCUT2D eigenvalue weighted by Crippen LogP contribution is -2.48. The first kappa shape index (κ1) is 17.3. The van der Waals surface area contributed by atoms with E-state index in [-0.39, 0.29) is 18.9 Å². The van der Waals surface area contributed by atoms with Crippen LogP contribution in [-0.4, -0.2) is 36.2 Å². The van der Waals surface area contributed by atoms with Gasteiger partial charge < -0.3 is 15.2 Å². The molecule has 2 fully saturated rings. The average molecular weight is 339 g/mol. The summed E-state index contributed by atoms with van der Waals surface area (Å²) in [6.07, 6.45) is -0.188. The van der Waals surface area contributed by atoms with Crippen LogP contribution in [0, 0.1) is 12.8 Å². The summed E-state index contributed by atoms with van der Waals surface area (Å²) in [6, 6.07) is 7.00. The zero-order valence-corrected chi connectivity index (χ0v) is 13.7. The van der Waals surface area contributed by atoms with Gasteiger partial charge in [0.1, 0.15) is 0 Å². The van der Waals surface area contributed by atoms with Crippen molar-refractivity contribution in [3.63, 3.8) is 0 Å². The highest BCUT2D eigenvalue weighted by Gasteiger charge is 2.56. The highest BCUT2D eigenvalue weighted by atomic mass is 19.3. The van der Waals surface area contributed by atoms with E-state index < -0.39 is 29.8 Å². The van der Waals surface area contributed by atoms with Crippen LogP contribution in [0.4, 0.5) is 8.78 Å². The first-order valence-corrected chi connectivity index (χ1v) is 8.40. The number of carbonyl (C=O) groups is 1. The van der Waals surface area contributed by atoms with Crippen molar-refractivity contribution in [3.8, 4) is 0 Å². The fraction of sp³-hybridized carbons (Fsp3) is 0.611. The van der Waals surface area contributed by atoms with Crippen molar-refractivity contribution in [1.29, 1.82) is 0 Å². The Balaban J connectivity index is 2.02. The van der Waals surface area contributed by atoms with E-state index in [0.717, 1.165) is 12.1 Å². The molecule has 2 aliphatic rings. The van der Waals surface area contributed by atoms with Gasteiger partial charge in [0.05, 0.1) is 6.10 Å². The molecule has 1 aromatic rings. The van der Waals surface area contributed by atoms with Gasteiger partial charge in [-0.2, -0.15) is 0 Å². The largest absolute Gasteiger partial charge is 0.479 e. The van der Waals surface area contributed by atoms with Crippen LogP contribution < -0.4 is 5.32 Å². The normalized spacial score (nSPS) is 28.6. The summed E-state index contributed by atoms with van der Waals surface area (Å²) in [5.74, 6) is -4.75. The van der Waals surface area contributed by atoms with Crippen LogP contribution >= 0.6 is 0 Å². The van der Waals surface area contributed by atoms with Gasteiger partial charge in [-0.25, -0.2) is 13.6 Å². The summed E-state index contributed by atoms with van der Waals surface area (Å²) in [5.41, 5.74) is -0.280. The summed E-state index contributed by atoms with van der Waals surface area (Å²) in [5, 5.41) is 13.2. The number of aliphatic carboxylic acids is 1. The van der Waals surface area contributed by atoms with Crippen LogP contribution in [-0.2, 0) is 15.1 Å². The highest BCUT2D eigenvalue weighted by Crippen LogP contribution is 2.50. The lowest BCUT2D eigenvalue weighted by atomic mass is 9.79. The van der Waals surface area contributed by atoms with E-state index >= 15 is 0 Å². The average Bonchev–Trinajstić information content (AvgIpc) is 3.15. The molecular formula is C18H23F2NO3. The predicted molar refractivity (Wildman–Crippen MR) is 85.1 cm³/mol. The second kappa shape index (κ2) is 6.41. The third-order valence-electron chi connectivity index (χ3n) is 5.14. The lowest BCUT2D eigenvalue weighted by molar-refractivity contribution is -0.188. The van der Waals surface area contributed by atoms with E-state index in [2.05, 4.69) is 5.32 Å². The first-order valence-electron chi connectivity index (χ1n) is 8.40. The van der Waals surface area contributed by atoms with Crippen LogP contribution in [0.25, 0.3) is 0 Å². The number of alkyl halides is 2.